The smallest absolute Gasteiger partial charge is 0.289 e. The summed E-state index contributed by atoms with van der Waals surface area (Å²) in [7, 11) is 0. The molecule has 0 aromatic heterocycles. The third-order valence-corrected chi connectivity index (χ3v) is 3.36. The van der Waals surface area contributed by atoms with E-state index in [-0.39, 0.29) is 22.7 Å². The molecule has 6 nitrogen and oxygen atoms in total. The zero-order valence-electron chi connectivity index (χ0n) is 10.2. The molecule has 7 heteroatoms. The van der Waals surface area contributed by atoms with Crippen LogP contribution in [0.5, 0.6) is 0 Å². The minimum Gasteiger partial charge on any atom is -0.324 e. The number of carbonyl (C=O) groups excluding carboxylic acids is 1. The van der Waals surface area contributed by atoms with Crippen LogP contribution < -0.4 is 10.6 Å². The van der Waals surface area contributed by atoms with Gasteiger partial charge in [-0.3, -0.25) is 14.9 Å². The fraction of sp³-hybridized carbons (Fsp3) is 0.417. The number of nitrogens with one attached hydrogen (secondary N) is 2. The summed E-state index contributed by atoms with van der Waals surface area (Å²) in [4.78, 5) is 22.1. The highest BCUT2D eigenvalue weighted by atomic mass is 35.5. The Morgan fingerprint density at radius 3 is 2.89 bits per heavy atom. The van der Waals surface area contributed by atoms with Crippen molar-refractivity contribution in [3.63, 3.8) is 0 Å². The predicted octanol–water partition coefficient (Wildman–Crippen LogP) is 2.33. The summed E-state index contributed by atoms with van der Waals surface area (Å²) in [5.41, 5.74) is 0.171. The second kappa shape index (κ2) is 5.99. The highest BCUT2D eigenvalue weighted by Gasteiger charge is 2.21. The van der Waals surface area contributed by atoms with Crippen LogP contribution in [0.4, 0.5) is 11.4 Å². The van der Waals surface area contributed by atoms with Crippen molar-refractivity contribution in [2.75, 3.05) is 11.9 Å². The summed E-state index contributed by atoms with van der Waals surface area (Å²) < 4.78 is 0. The van der Waals surface area contributed by atoms with E-state index in [0.717, 1.165) is 25.8 Å². The Kier molecular flexibility index (Phi) is 4.34. The van der Waals surface area contributed by atoms with Crippen LogP contribution in [0.3, 0.4) is 0 Å². The van der Waals surface area contributed by atoms with Gasteiger partial charge in [-0.1, -0.05) is 18.0 Å². The topological polar surface area (TPSA) is 84.3 Å². The number of nitro benzene ring substituents is 1. The second-order valence-electron chi connectivity index (χ2n) is 4.42. The minimum absolute atomic E-state index is 0.0544. The third-order valence-electron chi connectivity index (χ3n) is 3.04. The Labute approximate surface area is 115 Å². The molecule has 1 fully saturated rings. The lowest BCUT2D eigenvalue weighted by molar-refractivity contribution is -0.384. The second-order valence-corrected chi connectivity index (χ2v) is 4.82. The maximum atomic E-state index is 12.0. The number of benzene rings is 1. The molecular weight excluding hydrogens is 270 g/mol. The van der Waals surface area contributed by atoms with Crippen molar-refractivity contribution >= 4 is 28.9 Å². The van der Waals surface area contributed by atoms with Crippen LogP contribution in [-0.4, -0.2) is 23.4 Å². The average molecular weight is 284 g/mol. The number of hydrogen-bond donors (Lipinski definition) is 2. The number of rotatable bonds is 3. The van der Waals surface area contributed by atoms with E-state index in [2.05, 4.69) is 10.6 Å². The Morgan fingerprint density at radius 1 is 1.47 bits per heavy atom. The van der Waals surface area contributed by atoms with Gasteiger partial charge in [0.15, 0.2) is 0 Å². The van der Waals surface area contributed by atoms with Gasteiger partial charge in [0.25, 0.3) is 5.69 Å². The fourth-order valence-electron chi connectivity index (χ4n) is 2.04. The van der Waals surface area contributed by atoms with Crippen molar-refractivity contribution < 1.29 is 9.72 Å². The van der Waals surface area contributed by atoms with Gasteiger partial charge in [0.1, 0.15) is 5.02 Å². The lowest BCUT2D eigenvalue weighted by Gasteiger charge is -2.22. The molecule has 2 rings (SSSR count). The molecule has 1 heterocycles. The van der Waals surface area contributed by atoms with E-state index in [4.69, 9.17) is 11.6 Å². The van der Waals surface area contributed by atoms with Crippen LogP contribution >= 0.6 is 11.6 Å². The summed E-state index contributed by atoms with van der Waals surface area (Å²) in [5, 5.41) is 16.6. The number of amides is 1. The molecule has 1 amide bonds. The molecule has 2 N–H and O–H groups in total. The number of hydrogen-bond acceptors (Lipinski definition) is 4. The van der Waals surface area contributed by atoms with Crippen molar-refractivity contribution in [3.8, 4) is 0 Å². The quantitative estimate of drug-likeness (QED) is 0.659. The molecule has 0 spiro atoms. The number of piperidine rings is 1. The molecule has 1 atom stereocenters. The van der Waals surface area contributed by atoms with Gasteiger partial charge < -0.3 is 10.6 Å². The summed E-state index contributed by atoms with van der Waals surface area (Å²) in [6, 6.07) is 3.99. The van der Waals surface area contributed by atoms with Crippen LogP contribution in [0.1, 0.15) is 19.3 Å². The first-order chi connectivity index (χ1) is 9.08. The van der Waals surface area contributed by atoms with Crippen LogP contribution in [0.15, 0.2) is 18.2 Å². The van der Waals surface area contributed by atoms with Gasteiger partial charge in [-0.2, -0.15) is 0 Å². The zero-order valence-corrected chi connectivity index (χ0v) is 10.9. The molecule has 1 aromatic rings. The number of nitrogens with zero attached hydrogens (tertiary/aromatic N) is 1. The van der Waals surface area contributed by atoms with E-state index in [1.54, 1.807) is 6.07 Å². The Morgan fingerprint density at radius 2 is 2.26 bits per heavy atom. The van der Waals surface area contributed by atoms with Crippen molar-refractivity contribution in [1.82, 2.24) is 5.32 Å². The lowest BCUT2D eigenvalue weighted by Crippen LogP contribution is -2.43. The summed E-state index contributed by atoms with van der Waals surface area (Å²) >= 11 is 5.71. The first kappa shape index (κ1) is 13.8. The number of nitro groups is 1. The number of carbonyl (C=O) groups is 1. The third kappa shape index (κ3) is 3.42. The monoisotopic (exact) mass is 283 g/mol. The number of anilines is 1. The molecule has 1 saturated heterocycles. The molecule has 1 aromatic carbocycles. The van der Waals surface area contributed by atoms with Gasteiger partial charge in [0, 0.05) is 11.8 Å². The van der Waals surface area contributed by atoms with Crippen LogP contribution in [-0.2, 0) is 4.79 Å². The largest absolute Gasteiger partial charge is 0.324 e. The van der Waals surface area contributed by atoms with Gasteiger partial charge >= 0.3 is 0 Å². The van der Waals surface area contributed by atoms with E-state index in [9.17, 15) is 14.9 Å². The van der Waals surface area contributed by atoms with E-state index < -0.39 is 4.92 Å². The highest BCUT2D eigenvalue weighted by Crippen LogP contribution is 2.27. The molecule has 1 aliphatic heterocycles. The SMILES string of the molecule is O=C(Nc1ccc(Cl)c([N+](=O)[O-])c1)C1CCCCN1. The summed E-state index contributed by atoms with van der Waals surface area (Å²) in [6.45, 7) is 0.818. The van der Waals surface area contributed by atoms with E-state index in [1.807, 2.05) is 0 Å². The van der Waals surface area contributed by atoms with Crippen molar-refractivity contribution in [2.45, 2.75) is 25.3 Å². The molecule has 0 bridgehead atoms. The zero-order chi connectivity index (χ0) is 13.8. The summed E-state index contributed by atoms with van der Waals surface area (Å²) in [6.07, 6.45) is 2.85. The molecule has 1 unspecified atom stereocenters. The normalized spacial score (nSPS) is 18.9. The minimum atomic E-state index is -0.573. The molecular formula is C12H14ClN3O3. The van der Waals surface area contributed by atoms with Crippen LogP contribution in [0, 0.1) is 10.1 Å². The Balaban J connectivity index is 2.08. The maximum absolute atomic E-state index is 12.0. The van der Waals surface area contributed by atoms with Crippen molar-refractivity contribution in [1.29, 1.82) is 0 Å². The molecule has 1 aliphatic rings. The first-order valence-corrected chi connectivity index (χ1v) is 6.44. The standard InChI is InChI=1S/C12H14ClN3O3/c13-9-5-4-8(7-11(9)16(18)19)15-12(17)10-3-1-2-6-14-10/h4-5,7,10,14H,1-3,6H2,(H,15,17). The van der Waals surface area contributed by atoms with Crippen LogP contribution in [0.2, 0.25) is 5.02 Å². The first-order valence-electron chi connectivity index (χ1n) is 6.06. The van der Waals surface area contributed by atoms with E-state index in [0.29, 0.717) is 5.69 Å². The van der Waals surface area contributed by atoms with Crippen molar-refractivity contribution in [2.24, 2.45) is 0 Å². The fourth-order valence-corrected chi connectivity index (χ4v) is 2.22. The Bertz CT molecular complexity index is 501. The Hall–Kier alpha value is -1.66. The molecule has 19 heavy (non-hydrogen) atoms. The summed E-state index contributed by atoms with van der Waals surface area (Å²) in [5.74, 6) is -0.170. The van der Waals surface area contributed by atoms with E-state index in [1.165, 1.54) is 12.1 Å². The van der Waals surface area contributed by atoms with E-state index >= 15 is 0 Å². The lowest BCUT2D eigenvalue weighted by atomic mass is 10.0. The van der Waals surface area contributed by atoms with Gasteiger partial charge in [0.2, 0.25) is 5.91 Å². The van der Waals surface area contributed by atoms with Gasteiger partial charge in [-0.05, 0) is 31.5 Å². The molecule has 0 aliphatic carbocycles. The van der Waals surface area contributed by atoms with Crippen LogP contribution in [0.25, 0.3) is 0 Å². The number of halogens is 1. The van der Waals surface area contributed by atoms with Gasteiger partial charge in [-0.25, -0.2) is 0 Å². The van der Waals surface area contributed by atoms with Crippen molar-refractivity contribution in [3.05, 3.63) is 33.3 Å². The molecule has 0 radical (unpaired) electrons. The maximum Gasteiger partial charge on any atom is 0.289 e. The molecule has 0 saturated carbocycles. The van der Waals surface area contributed by atoms with Gasteiger partial charge in [-0.15, -0.1) is 0 Å². The average Bonchev–Trinajstić information content (AvgIpc) is 2.41. The predicted molar refractivity (Wildman–Crippen MR) is 72.4 cm³/mol. The molecule has 102 valence electrons. The highest BCUT2D eigenvalue weighted by molar-refractivity contribution is 6.32. The van der Waals surface area contributed by atoms with Gasteiger partial charge in [0.05, 0.1) is 11.0 Å².